The van der Waals surface area contributed by atoms with Gasteiger partial charge in [0.25, 0.3) is 0 Å². The number of nitrogens with zero attached hydrogens (tertiary/aromatic N) is 2. The third-order valence-electron chi connectivity index (χ3n) is 2.88. The number of rotatable bonds is 7. The zero-order valence-electron chi connectivity index (χ0n) is 10.0. The lowest BCUT2D eigenvalue weighted by Crippen LogP contribution is -2.27. The van der Waals surface area contributed by atoms with Gasteiger partial charge in [-0.05, 0) is 19.4 Å². The Labute approximate surface area is 97.6 Å². The molecule has 16 heavy (non-hydrogen) atoms. The molecule has 6 heteroatoms. The SMILES string of the molecule is CCCCN1CCN(CCCP(=O)(O)O)C1. The van der Waals surface area contributed by atoms with Crippen molar-refractivity contribution in [2.24, 2.45) is 0 Å². The minimum Gasteiger partial charge on any atom is -0.324 e. The molecule has 1 saturated heterocycles. The van der Waals surface area contributed by atoms with Crippen LogP contribution in [0.4, 0.5) is 0 Å². The molecule has 0 unspecified atom stereocenters. The lowest BCUT2D eigenvalue weighted by atomic mass is 10.3. The molecule has 0 atom stereocenters. The van der Waals surface area contributed by atoms with Crippen LogP contribution >= 0.6 is 7.60 Å². The van der Waals surface area contributed by atoms with E-state index in [1.165, 1.54) is 12.8 Å². The van der Waals surface area contributed by atoms with Crippen molar-refractivity contribution in [1.29, 1.82) is 0 Å². The van der Waals surface area contributed by atoms with Gasteiger partial charge in [0.15, 0.2) is 0 Å². The van der Waals surface area contributed by atoms with Crippen molar-refractivity contribution >= 4 is 7.60 Å². The second-order valence-corrected chi connectivity index (χ2v) is 6.25. The van der Waals surface area contributed by atoms with E-state index in [-0.39, 0.29) is 6.16 Å². The summed E-state index contributed by atoms with van der Waals surface area (Å²) >= 11 is 0. The Morgan fingerprint density at radius 3 is 2.19 bits per heavy atom. The van der Waals surface area contributed by atoms with Crippen molar-refractivity contribution in [3.63, 3.8) is 0 Å². The van der Waals surface area contributed by atoms with Gasteiger partial charge in [0, 0.05) is 19.6 Å². The van der Waals surface area contributed by atoms with Gasteiger partial charge in [0.05, 0.1) is 12.8 Å². The highest BCUT2D eigenvalue weighted by atomic mass is 31.2. The maximum absolute atomic E-state index is 10.7. The van der Waals surface area contributed by atoms with Gasteiger partial charge in [0.2, 0.25) is 0 Å². The molecule has 0 spiro atoms. The summed E-state index contributed by atoms with van der Waals surface area (Å²) in [5, 5.41) is 0. The molecule has 0 saturated carbocycles. The van der Waals surface area contributed by atoms with E-state index in [1.54, 1.807) is 0 Å². The van der Waals surface area contributed by atoms with Gasteiger partial charge in [0.1, 0.15) is 0 Å². The summed E-state index contributed by atoms with van der Waals surface area (Å²) in [6.45, 7) is 7.22. The Bertz CT molecular complexity index is 244. The normalized spacial score (nSPS) is 19.4. The average Bonchev–Trinajstić information content (AvgIpc) is 2.61. The number of hydrogen-bond donors (Lipinski definition) is 2. The Kier molecular flexibility index (Phi) is 5.94. The summed E-state index contributed by atoms with van der Waals surface area (Å²) in [6.07, 6.45) is 3.05. The molecule has 0 aromatic heterocycles. The molecule has 0 aromatic carbocycles. The van der Waals surface area contributed by atoms with Gasteiger partial charge in [-0.25, -0.2) is 0 Å². The van der Waals surface area contributed by atoms with Crippen LogP contribution in [0.2, 0.25) is 0 Å². The molecule has 1 fully saturated rings. The molecular weight excluding hydrogens is 227 g/mol. The van der Waals surface area contributed by atoms with Crippen LogP contribution in [-0.2, 0) is 4.57 Å². The zero-order chi connectivity index (χ0) is 12.0. The highest BCUT2D eigenvalue weighted by Crippen LogP contribution is 2.34. The molecule has 2 N–H and O–H groups in total. The highest BCUT2D eigenvalue weighted by molar-refractivity contribution is 7.51. The fraction of sp³-hybridized carbons (Fsp3) is 1.00. The van der Waals surface area contributed by atoms with Crippen LogP contribution in [0.15, 0.2) is 0 Å². The molecule has 0 aliphatic carbocycles. The molecule has 1 aliphatic rings. The molecule has 0 bridgehead atoms. The lowest BCUT2D eigenvalue weighted by Gasteiger charge is -2.17. The van der Waals surface area contributed by atoms with Crippen LogP contribution in [0.1, 0.15) is 26.2 Å². The van der Waals surface area contributed by atoms with E-state index >= 15 is 0 Å². The first kappa shape index (κ1) is 14.1. The van der Waals surface area contributed by atoms with Crippen molar-refractivity contribution in [3.8, 4) is 0 Å². The third kappa shape index (κ3) is 5.97. The molecule has 0 amide bonds. The maximum atomic E-state index is 10.7. The number of unbranched alkanes of at least 4 members (excludes halogenated alkanes) is 1. The predicted octanol–water partition coefficient (Wildman–Crippen LogP) is 0.929. The van der Waals surface area contributed by atoms with E-state index in [4.69, 9.17) is 9.79 Å². The standard InChI is InChI=1S/C10H23N2O3P/c1-2-3-5-11-7-8-12(10-11)6-4-9-16(13,14)15/h2-10H2,1H3,(H2,13,14,15). The monoisotopic (exact) mass is 250 g/mol. The summed E-state index contributed by atoms with van der Waals surface area (Å²) in [5.41, 5.74) is 0. The molecule has 1 aliphatic heterocycles. The minimum atomic E-state index is -3.80. The molecule has 1 heterocycles. The van der Waals surface area contributed by atoms with E-state index in [0.29, 0.717) is 6.42 Å². The Morgan fingerprint density at radius 2 is 1.69 bits per heavy atom. The zero-order valence-corrected chi connectivity index (χ0v) is 10.9. The van der Waals surface area contributed by atoms with E-state index < -0.39 is 7.60 Å². The smallest absolute Gasteiger partial charge is 0.324 e. The van der Waals surface area contributed by atoms with Gasteiger partial charge in [-0.1, -0.05) is 13.3 Å². The Balaban J connectivity index is 2.09. The highest BCUT2D eigenvalue weighted by Gasteiger charge is 2.20. The van der Waals surface area contributed by atoms with E-state index in [9.17, 15) is 4.57 Å². The molecule has 96 valence electrons. The van der Waals surface area contributed by atoms with Crippen molar-refractivity contribution in [2.75, 3.05) is 39.0 Å². The van der Waals surface area contributed by atoms with Crippen molar-refractivity contribution in [1.82, 2.24) is 9.80 Å². The van der Waals surface area contributed by atoms with Crippen LogP contribution in [0.3, 0.4) is 0 Å². The van der Waals surface area contributed by atoms with Gasteiger partial charge in [-0.2, -0.15) is 0 Å². The summed E-state index contributed by atoms with van der Waals surface area (Å²) in [4.78, 5) is 22.2. The van der Waals surface area contributed by atoms with E-state index in [0.717, 1.165) is 32.8 Å². The predicted molar refractivity (Wildman–Crippen MR) is 64.4 cm³/mol. The van der Waals surface area contributed by atoms with Crippen LogP contribution in [0, 0.1) is 0 Å². The summed E-state index contributed by atoms with van der Waals surface area (Å²) in [5.74, 6) is 0. The largest absolute Gasteiger partial charge is 0.325 e. The lowest BCUT2D eigenvalue weighted by molar-refractivity contribution is 0.243. The fourth-order valence-electron chi connectivity index (χ4n) is 1.95. The van der Waals surface area contributed by atoms with E-state index in [1.807, 2.05) is 0 Å². The fourth-order valence-corrected chi connectivity index (χ4v) is 2.51. The first-order valence-corrected chi connectivity index (χ1v) is 7.80. The third-order valence-corrected chi connectivity index (χ3v) is 3.78. The maximum Gasteiger partial charge on any atom is 0.325 e. The van der Waals surface area contributed by atoms with Gasteiger partial charge in [-0.3, -0.25) is 14.4 Å². The van der Waals surface area contributed by atoms with Crippen LogP contribution in [0.5, 0.6) is 0 Å². The van der Waals surface area contributed by atoms with Crippen molar-refractivity contribution < 1.29 is 14.4 Å². The topological polar surface area (TPSA) is 64.0 Å². The Morgan fingerprint density at radius 1 is 1.12 bits per heavy atom. The molecule has 1 rings (SSSR count). The second-order valence-electron chi connectivity index (χ2n) is 4.47. The molecular formula is C10H23N2O3P. The van der Waals surface area contributed by atoms with Gasteiger partial charge < -0.3 is 9.79 Å². The van der Waals surface area contributed by atoms with Gasteiger partial charge in [-0.15, -0.1) is 0 Å². The summed E-state index contributed by atoms with van der Waals surface area (Å²) in [6, 6.07) is 0. The Hall–Kier alpha value is 0.0700. The van der Waals surface area contributed by atoms with E-state index in [2.05, 4.69) is 16.7 Å². The summed E-state index contributed by atoms with van der Waals surface area (Å²) < 4.78 is 10.7. The quantitative estimate of drug-likeness (QED) is 0.658. The second kappa shape index (κ2) is 6.72. The van der Waals surface area contributed by atoms with Crippen LogP contribution in [-0.4, -0.2) is 58.6 Å². The first-order valence-electron chi connectivity index (χ1n) is 6.00. The minimum absolute atomic E-state index is 0.0124. The number of hydrogen-bond acceptors (Lipinski definition) is 3. The molecule has 5 nitrogen and oxygen atoms in total. The van der Waals surface area contributed by atoms with Crippen molar-refractivity contribution in [3.05, 3.63) is 0 Å². The van der Waals surface area contributed by atoms with Gasteiger partial charge >= 0.3 is 7.60 Å². The first-order chi connectivity index (χ1) is 7.51. The molecule has 0 radical (unpaired) electrons. The van der Waals surface area contributed by atoms with Crippen LogP contribution in [0.25, 0.3) is 0 Å². The molecule has 0 aromatic rings. The van der Waals surface area contributed by atoms with Crippen molar-refractivity contribution in [2.45, 2.75) is 26.2 Å². The van der Waals surface area contributed by atoms with Crippen LogP contribution < -0.4 is 0 Å². The summed E-state index contributed by atoms with van der Waals surface area (Å²) in [7, 11) is -3.80. The average molecular weight is 250 g/mol.